The SMILES string of the molecule is COc1cccc(C(NC(=O)NC2CCCc3c2cnn3C)c2nccn2C)c1. The molecule has 8 heteroatoms. The number of carbonyl (C=O) groups excluding carboxylic acids is 1. The molecule has 3 aromatic rings. The molecule has 0 spiro atoms. The molecule has 2 unspecified atom stereocenters. The molecule has 0 saturated heterocycles. The number of amides is 2. The molecule has 29 heavy (non-hydrogen) atoms. The molecule has 0 aliphatic heterocycles. The average Bonchev–Trinajstić information content (AvgIpc) is 3.33. The van der Waals surface area contributed by atoms with Crippen LogP contribution in [0.1, 0.15) is 47.6 Å². The summed E-state index contributed by atoms with van der Waals surface area (Å²) >= 11 is 0. The first-order valence-corrected chi connectivity index (χ1v) is 9.75. The summed E-state index contributed by atoms with van der Waals surface area (Å²) in [5.74, 6) is 1.48. The van der Waals surface area contributed by atoms with E-state index >= 15 is 0 Å². The van der Waals surface area contributed by atoms with Crippen molar-refractivity contribution in [1.29, 1.82) is 0 Å². The van der Waals surface area contributed by atoms with Crippen LogP contribution in [-0.2, 0) is 20.5 Å². The normalized spacial score (nSPS) is 16.7. The number of hydrogen-bond donors (Lipinski definition) is 2. The monoisotopic (exact) mass is 394 g/mol. The number of fused-ring (bicyclic) bond motifs is 1. The molecule has 0 bridgehead atoms. The number of aromatic nitrogens is 4. The second-order valence-corrected chi connectivity index (χ2v) is 7.34. The molecule has 0 fully saturated rings. The highest BCUT2D eigenvalue weighted by atomic mass is 16.5. The molecule has 2 atom stereocenters. The molecule has 2 amide bonds. The molecule has 2 heterocycles. The van der Waals surface area contributed by atoms with Crippen molar-refractivity contribution >= 4 is 6.03 Å². The Bertz CT molecular complexity index is 1010. The van der Waals surface area contributed by atoms with E-state index < -0.39 is 6.04 Å². The van der Waals surface area contributed by atoms with Gasteiger partial charge in [-0.1, -0.05) is 12.1 Å². The summed E-state index contributed by atoms with van der Waals surface area (Å²) in [6.07, 6.45) is 8.37. The Morgan fingerprint density at radius 1 is 1.34 bits per heavy atom. The van der Waals surface area contributed by atoms with Gasteiger partial charge in [0.05, 0.1) is 19.3 Å². The third kappa shape index (κ3) is 3.83. The van der Waals surface area contributed by atoms with Crippen LogP contribution in [0.15, 0.2) is 42.9 Å². The Balaban J connectivity index is 1.57. The van der Waals surface area contributed by atoms with Crippen LogP contribution >= 0.6 is 0 Å². The minimum atomic E-state index is -0.401. The largest absolute Gasteiger partial charge is 0.497 e. The number of nitrogens with one attached hydrogen (secondary N) is 2. The Hall–Kier alpha value is -3.29. The zero-order valence-electron chi connectivity index (χ0n) is 16.9. The van der Waals surface area contributed by atoms with Gasteiger partial charge in [-0.2, -0.15) is 5.10 Å². The fraction of sp³-hybridized carbons (Fsp3) is 0.381. The van der Waals surface area contributed by atoms with Gasteiger partial charge in [-0.15, -0.1) is 0 Å². The molecule has 8 nitrogen and oxygen atoms in total. The second-order valence-electron chi connectivity index (χ2n) is 7.34. The van der Waals surface area contributed by atoms with Gasteiger partial charge in [-0.25, -0.2) is 9.78 Å². The van der Waals surface area contributed by atoms with Crippen molar-refractivity contribution in [2.75, 3.05) is 7.11 Å². The molecule has 4 rings (SSSR count). The van der Waals surface area contributed by atoms with Gasteiger partial charge >= 0.3 is 6.03 Å². The van der Waals surface area contributed by atoms with Crippen molar-refractivity contribution in [2.24, 2.45) is 14.1 Å². The summed E-state index contributed by atoms with van der Waals surface area (Å²) in [5, 5.41) is 10.6. The lowest BCUT2D eigenvalue weighted by Crippen LogP contribution is -2.41. The third-order valence-electron chi connectivity index (χ3n) is 5.50. The summed E-state index contributed by atoms with van der Waals surface area (Å²) in [6.45, 7) is 0. The zero-order valence-corrected chi connectivity index (χ0v) is 16.9. The molecule has 1 aromatic carbocycles. The number of aryl methyl sites for hydroxylation is 2. The third-order valence-corrected chi connectivity index (χ3v) is 5.50. The van der Waals surface area contributed by atoms with Crippen molar-refractivity contribution in [1.82, 2.24) is 30.0 Å². The van der Waals surface area contributed by atoms with Gasteiger partial charge in [0.1, 0.15) is 17.6 Å². The van der Waals surface area contributed by atoms with E-state index in [2.05, 4.69) is 20.7 Å². The number of ether oxygens (including phenoxy) is 1. The van der Waals surface area contributed by atoms with Crippen LogP contribution < -0.4 is 15.4 Å². The van der Waals surface area contributed by atoms with E-state index in [9.17, 15) is 4.79 Å². The van der Waals surface area contributed by atoms with Crippen LogP contribution in [0.5, 0.6) is 5.75 Å². The number of imidazole rings is 1. The van der Waals surface area contributed by atoms with Crippen molar-refractivity contribution in [3.8, 4) is 5.75 Å². The maximum Gasteiger partial charge on any atom is 0.316 e. The highest BCUT2D eigenvalue weighted by Gasteiger charge is 2.27. The molecule has 0 saturated carbocycles. The number of rotatable bonds is 5. The van der Waals surface area contributed by atoms with E-state index in [-0.39, 0.29) is 12.1 Å². The first kappa shape index (κ1) is 19.0. The molecule has 1 aliphatic rings. The molecular formula is C21H26N6O2. The van der Waals surface area contributed by atoms with Gasteiger partial charge in [-0.3, -0.25) is 4.68 Å². The maximum atomic E-state index is 13.0. The lowest BCUT2D eigenvalue weighted by molar-refractivity contribution is 0.232. The summed E-state index contributed by atoms with van der Waals surface area (Å²) in [4.78, 5) is 17.4. The van der Waals surface area contributed by atoms with Gasteiger partial charge in [0, 0.05) is 37.7 Å². The van der Waals surface area contributed by atoms with E-state index in [1.807, 2.05) is 60.0 Å². The number of nitrogens with zero attached hydrogens (tertiary/aromatic N) is 4. The smallest absolute Gasteiger partial charge is 0.316 e. The predicted octanol–water partition coefficient (Wildman–Crippen LogP) is 2.63. The zero-order chi connectivity index (χ0) is 20.4. The van der Waals surface area contributed by atoms with Gasteiger partial charge in [0.25, 0.3) is 0 Å². The number of hydrogen-bond acceptors (Lipinski definition) is 4. The van der Waals surface area contributed by atoms with E-state index in [0.29, 0.717) is 0 Å². The maximum absolute atomic E-state index is 13.0. The van der Waals surface area contributed by atoms with Crippen LogP contribution in [0.2, 0.25) is 0 Å². The minimum absolute atomic E-state index is 0.0419. The quantitative estimate of drug-likeness (QED) is 0.697. The van der Waals surface area contributed by atoms with Crippen molar-refractivity contribution in [2.45, 2.75) is 31.3 Å². The van der Waals surface area contributed by atoms with Crippen LogP contribution in [0.4, 0.5) is 4.79 Å². The van der Waals surface area contributed by atoms with Crippen molar-refractivity contribution < 1.29 is 9.53 Å². The molecule has 0 radical (unpaired) electrons. The molecule has 152 valence electrons. The molecule has 2 aromatic heterocycles. The van der Waals surface area contributed by atoms with Crippen molar-refractivity contribution in [3.05, 3.63) is 65.5 Å². The fourth-order valence-corrected chi connectivity index (χ4v) is 3.96. The standard InChI is InChI=1S/C21H26N6O2/c1-26-11-10-22-20(26)19(14-6-4-7-15(12-14)29-3)25-21(28)24-17-8-5-9-18-16(17)13-23-27(18)2/h4,6-7,10-13,17,19H,5,8-9H2,1-3H3,(H2,24,25,28). The van der Waals surface area contributed by atoms with Gasteiger partial charge < -0.3 is 19.9 Å². The topological polar surface area (TPSA) is 86.0 Å². The van der Waals surface area contributed by atoms with E-state index in [1.165, 1.54) is 5.69 Å². The lowest BCUT2D eigenvalue weighted by atomic mass is 9.93. The predicted molar refractivity (Wildman–Crippen MR) is 109 cm³/mol. The van der Waals surface area contributed by atoms with Crippen LogP contribution in [-0.4, -0.2) is 32.5 Å². The van der Waals surface area contributed by atoms with Gasteiger partial charge in [0.15, 0.2) is 0 Å². The number of benzene rings is 1. The number of methoxy groups -OCH3 is 1. The average molecular weight is 394 g/mol. The number of carbonyl (C=O) groups is 1. The van der Waals surface area contributed by atoms with Crippen LogP contribution in [0.3, 0.4) is 0 Å². The van der Waals surface area contributed by atoms with E-state index in [1.54, 1.807) is 13.3 Å². The van der Waals surface area contributed by atoms with Crippen molar-refractivity contribution in [3.63, 3.8) is 0 Å². The summed E-state index contributed by atoms with van der Waals surface area (Å²) in [7, 11) is 5.49. The highest BCUT2D eigenvalue weighted by molar-refractivity contribution is 5.75. The Labute approximate surface area is 169 Å². The second kappa shape index (κ2) is 7.98. The lowest BCUT2D eigenvalue weighted by Gasteiger charge is -2.26. The summed E-state index contributed by atoms with van der Waals surface area (Å²) < 4.78 is 9.16. The fourth-order valence-electron chi connectivity index (χ4n) is 3.96. The molecule has 1 aliphatic carbocycles. The van der Waals surface area contributed by atoms with Gasteiger partial charge in [-0.05, 0) is 37.0 Å². The van der Waals surface area contributed by atoms with E-state index in [0.717, 1.165) is 42.0 Å². The van der Waals surface area contributed by atoms with Gasteiger partial charge in [0.2, 0.25) is 0 Å². The first-order valence-electron chi connectivity index (χ1n) is 9.75. The Kier molecular flexibility index (Phi) is 5.24. The molecular weight excluding hydrogens is 368 g/mol. The molecule has 2 N–H and O–H groups in total. The number of urea groups is 1. The first-order chi connectivity index (χ1) is 14.1. The minimum Gasteiger partial charge on any atom is -0.497 e. The Morgan fingerprint density at radius 3 is 2.97 bits per heavy atom. The van der Waals surface area contributed by atoms with Crippen LogP contribution in [0, 0.1) is 0 Å². The van der Waals surface area contributed by atoms with Crippen LogP contribution in [0.25, 0.3) is 0 Å². The van der Waals surface area contributed by atoms with E-state index in [4.69, 9.17) is 4.74 Å². The summed E-state index contributed by atoms with van der Waals surface area (Å²) in [6, 6.07) is 6.99. The summed E-state index contributed by atoms with van der Waals surface area (Å²) in [5.41, 5.74) is 3.19. The highest BCUT2D eigenvalue weighted by Crippen LogP contribution is 2.29. The Morgan fingerprint density at radius 2 is 2.21 bits per heavy atom.